The van der Waals surface area contributed by atoms with Crippen molar-refractivity contribution in [3.8, 4) is 0 Å². The van der Waals surface area contributed by atoms with Crippen LogP contribution in [0.1, 0.15) is 0 Å². The van der Waals surface area contributed by atoms with Crippen LogP contribution in [-0.4, -0.2) is 44.2 Å². The van der Waals surface area contributed by atoms with Gasteiger partial charge in [0.1, 0.15) is 0 Å². The minimum atomic E-state index is -4.64. The molecule has 0 aliphatic heterocycles. The van der Waals surface area contributed by atoms with E-state index in [0.717, 1.165) is 0 Å². The minimum absolute atomic E-state index is 0. The molecule has 7 heavy (non-hydrogen) atoms. The van der Waals surface area contributed by atoms with E-state index in [1.165, 1.54) is 0 Å². The first kappa shape index (κ1) is 15.8. The summed E-state index contributed by atoms with van der Waals surface area (Å²) in [5.74, 6) is 0. The second kappa shape index (κ2) is 5.75. The molecule has 0 spiro atoms. The Morgan fingerprint density at radius 3 is 1.14 bits per heavy atom. The fraction of sp³-hybridized carbons (Fsp3) is 0. The maximum atomic E-state index is 8.88. The fourth-order valence-corrected chi connectivity index (χ4v) is 0. The zero-order valence-electron chi connectivity index (χ0n) is 3.53. The molecule has 0 fully saturated rings. The molecule has 0 unspecified atom stereocenters. The first-order chi connectivity index (χ1) is 2.00. The molecule has 0 saturated carbocycles. The standard InChI is InChI=1S/Co.Na.H3O4P/c;;1-5(2,3)4/h;;(H3,1,2,3,4). The van der Waals surface area contributed by atoms with Gasteiger partial charge in [-0.1, -0.05) is 0 Å². The number of rotatable bonds is 0. The van der Waals surface area contributed by atoms with Gasteiger partial charge in [-0.3, -0.25) is 0 Å². The Hall–Kier alpha value is 1.62. The summed E-state index contributed by atoms with van der Waals surface area (Å²) < 4.78 is 8.88. The van der Waals surface area contributed by atoms with Crippen molar-refractivity contribution in [3.05, 3.63) is 0 Å². The third-order valence-electron chi connectivity index (χ3n) is 0. The van der Waals surface area contributed by atoms with Crippen LogP contribution < -0.4 is 0 Å². The van der Waals surface area contributed by atoms with E-state index in [2.05, 4.69) is 0 Å². The SMILES string of the molecule is O=P(O)(O)O.[Co].[Na]. The van der Waals surface area contributed by atoms with E-state index in [4.69, 9.17) is 19.2 Å². The Bertz CT molecular complexity index is 57.8. The Kier molecular flexibility index (Phi) is 13.0. The normalized spacial score (nSPS) is 8.43. The van der Waals surface area contributed by atoms with E-state index >= 15 is 0 Å². The molecule has 0 saturated heterocycles. The summed E-state index contributed by atoms with van der Waals surface area (Å²) >= 11 is 0. The molecule has 0 aliphatic carbocycles. The maximum absolute atomic E-state index is 8.88. The zero-order valence-corrected chi connectivity index (χ0v) is 7.47. The summed E-state index contributed by atoms with van der Waals surface area (Å²) in [4.78, 5) is 21.6. The Balaban J connectivity index is -0.0000000800. The molecule has 2 radical (unpaired) electrons. The van der Waals surface area contributed by atoms with Gasteiger partial charge < -0.3 is 14.7 Å². The molecule has 0 atom stereocenters. The molecule has 42 valence electrons. The molecule has 4 nitrogen and oxygen atoms in total. The summed E-state index contributed by atoms with van der Waals surface area (Å²) in [6.45, 7) is 0. The Morgan fingerprint density at radius 1 is 1.14 bits per heavy atom. The van der Waals surface area contributed by atoms with E-state index < -0.39 is 7.82 Å². The predicted molar refractivity (Wildman–Crippen MR) is 20.0 cm³/mol. The topological polar surface area (TPSA) is 77.8 Å². The van der Waals surface area contributed by atoms with Crippen LogP contribution in [0.3, 0.4) is 0 Å². The summed E-state index contributed by atoms with van der Waals surface area (Å²) in [6.07, 6.45) is 0. The molecule has 0 rings (SSSR count). The van der Waals surface area contributed by atoms with Crippen molar-refractivity contribution in [3.63, 3.8) is 0 Å². The summed E-state index contributed by atoms with van der Waals surface area (Å²) in [7, 11) is -4.64. The van der Waals surface area contributed by atoms with Crippen LogP contribution in [0.25, 0.3) is 0 Å². The molecule has 0 heterocycles. The van der Waals surface area contributed by atoms with E-state index in [-0.39, 0.29) is 46.3 Å². The van der Waals surface area contributed by atoms with Gasteiger partial charge in [0.2, 0.25) is 0 Å². The van der Waals surface area contributed by atoms with Crippen molar-refractivity contribution in [2.24, 2.45) is 0 Å². The Morgan fingerprint density at radius 2 is 1.14 bits per heavy atom. The van der Waals surface area contributed by atoms with Gasteiger partial charge in [-0.05, 0) is 0 Å². The van der Waals surface area contributed by atoms with Gasteiger partial charge >= 0.3 is 7.82 Å². The molecule has 0 aromatic rings. The smallest absolute Gasteiger partial charge is 0.303 e. The van der Waals surface area contributed by atoms with Crippen molar-refractivity contribution in [2.45, 2.75) is 0 Å². The van der Waals surface area contributed by atoms with Gasteiger partial charge in [-0.2, -0.15) is 0 Å². The van der Waals surface area contributed by atoms with Crippen molar-refractivity contribution in [2.75, 3.05) is 0 Å². The van der Waals surface area contributed by atoms with Crippen LogP contribution in [0, 0.1) is 0 Å². The van der Waals surface area contributed by atoms with Gasteiger partial charge in [0.25, 0.3) is 0 Å². The van der Waals surface area contributed by atoms with E-state index in [0.29, 0.717) is 0 Å². The van der Waals surface area contributed by atoms with Crippen LogP contribution in [-0.2, 0) is 21.3 Å². The minimum Gasteiger partial charge on any atom is -0.303 e. The number of hydrogen-bond donors (Lipinski definition) is 3. The summed E-state index contributed by atoms with van der Waals surface area (Å²) in [5.41, 5.74) is 0. The first-order valence-corrected chi connectivity index (χ1v) is 2.35. The fourth-order valence-electron chi connectivity index (χ4n) is 0. The molecule has 3 N–H and O–H groups in total. The zero-order chi connectivity index (χ0) is 4.50. The van der Waals surface area contributed by atoms with Crippen LogP contribution in [0.2, 0.25) is 0 Å². The van der Waals surface area contributed by atoms with Gasteiger partial charge in [0.05, 0.1) is 0 Å². The van der Waals surface area contributed by atoms with Crippen molar-refractivity contribution in [1.82, 2.24) is 0 Å². The Labute approximate surface area is 73.0 Å². The van der Waals surface area contributed by atoms with Gasteiger partial charge in [0, 0.05) is 46.3 Å². The quantitative estimate of drug-likeness (QED) is 0.319. The van der Waals surface area contributed by atoms with E-state index in [9.17, 15) is 0 Å². The van der Waals surface area contributed by atoms with Gasteiger partial charge in [-0.25, -0.2) is 4.57 Å². The average Bonchev–Trinajstić information content (AvgIpc) is 0.722. The first-order valence-electron chi connectivity index (χ1n) is 0.783. The van der Waals surface area contributed by atoms with Crippen LogP contribution >= 0.6 is 7.82 Å². The third kappa shape index (κ3) is 91.9. The van der Waals surface area contributed by atoms with Crippen LogP contribution in [0.4, 0.5) is 0 Å². The van der Waals surface area contributed by atoms with Crippen LogP contribution in [0.5, 0.6) is 0 Å². The van der Waals surface area contributed by atoms with Gasteiger partial charge in [-0.15, -0.1) is 0 Å². The second-order valence-electron chi connectivity index (χ2n) is 0.513. The summed E-state index contributed by atoms with van der Waals surface area (Å²) in [5, 5.41) is 0. The largest absolute Gasteiger partial charge is 0.466 e. The monoisotopic (exact) mass is 180 g/mol. The molecule has 7 heteroatoms. The van der Waals surface area contributed by atoms with Crippen LogP contribution in [0.15, 0.2) is 0 Å². The molecule has 0 aromatic carbocycles. The van der Waals surface area contributed by atoms with Crippen molar-refractivity contribution in [1.29, 1.82) is 0 Å². The summed E-state index contributed by atoms with van der Waals surface area (Å²) in [6, 6.07) is 0. The van der Waals surface area contributed by atoms with Crippen molar-refractivity contribution >= 4 is 37.4 Å². The average molecular weight is 180 g/mol. The van der Waals surface area contributed by atoms with Crippen molar-refractivity contribution < 1.29 is 36.0 Å². The van der Waals surface area contributed by atoms with Gasteiger partial charge in [0.15, 0.2) is 0 Å². The molecule has 0 bridgehead atoms. The molecular weight excluding hydrogens is 177 g/mol. The number of hydrogen-bond acceptors (Lipinski definition) is 1. The molecular formula is H3CoNaO4P. The maximum Gasteiger partial charge on any atom is 0.466 e. The molecule has 0 aliphatic rings. The molecule has 0 aromatic heterocycles. The third-order valence-corrected chi connectivity index (χ3v) is 0. The predicted octanol–water partition coefficient (Wildman–Crippen LogP) is -1.31. The number of phosphoric acid groups is 1. The van der Waals surface area contributed by atoms with E-state index in [1.807, 2.05) is 0 Å². The van der Waals surface area contributed by atoms with E-state index in [1.54, 1.807) is 0 Å². The second-order valence-corrected chi connectivity index (χ2v) is 1.54. The molecule has 0 amide bonds.